The molecule has 1 N–H and O–H groups in total. The van der Waals surface area contributed by atoms with E-state index >= 15 is 0 Å². The van der Waals surface area contributed by atoms with Crippen LogP contribution >= 0.6 is 0 Å². The summed E-state index contributed by atoms with van der Waals surface area (Å²) < 4.78 is 37.9. The molecule has 1 aromatic rings. The van der Waals surface area contributed by atoms with Crippen molar-refractivity contribution >= 4 is 21.6 Å². The first-order valence-corrected chi connectivity index (χ1v) is 14.2. The number of methoxy groups -OCH3 is 1. The van der Waals surface area contributed by atoms with Crippen LogP contribution in [-0.4, -0.2) is 82.9 Å². The lowest BCUT2D eigenvalue weighted by molar-refractivity contribution is 0.00690. The third kappa shape index (κ3) is 7.33. The van der Waals surface area contributed by atoms with E-state index in [2.05, 4.69) is 23.5 Å². The molecule has 0 spiro atoms. The van der Waals surface area contributed by atoms with E-state index in [1.54, 1.807) is 37.3 Å². The second-order valence-corrected chi connectivity index (χ2v) is 11.9. The number of hydrogen-bond donors (Lipinski definition) is 1. The second-order valence-electron chi connectivity index (χ2n) is 10.1. The maximum Gasteiger partial charge on any atom is 0.257 e. The van der Waals surface area contributed by atoms with Crippen LogP contribution < -0.4 is 9.46 Å². The van der Waals surface area contributed by atoms with E-state index in [0.29, 0.717) is 36.1 Å². The number of rotatable bonds is 5. The number of nitrogens with zero attached hydrogens (tertiary/aromatic N) is 2. The number of benzene rings is 1. The minimum atomic E-state index is -3.47. The Kier molecular flexibility index (Phi) is 9.23. The summed E-state index contributed by atoms with van der Waals surface area (Å²) in [6.07, 6.45) is 7.49. The second kappa shape index (κ2) is 11.7. The van der Waals surface area contributed by atoms with Crippen molar-refractivity contribution in [3.8, 4) is 5.75 Å². The molecule has 3 atom stereocenters. The van der Waals surface area contributed by atoms with Crippen LogP contribution in [0.2, 0.25) is 0 Å². The zero-order chi connectivity index (χ0) is 24.9. The number of ether oxygens (including phenoxy) is 2. The van der Waals surface area contributed by atoms with E-state index in [4.69, 9.17) is 9.47 Å². The Bertz CT molecular complexity index is 932. The van der Waals surface area contributed by atoms with Crippen LogP contribution in [0.3, 0.4) is 0 Å². The lowest BCUT2D eigenvalue weighted by Crippen LogP contribution is -2.48. The van der Waals surface area contributed by atoms with Gasteiger partial charge in [0, 0.05) is 45.5 Å². The number of carbonyl (C=O) groups is 1. The van der Waals surface area contributed by atoms with E-state index in [-0.39, 0.29) is 24.0 Å². The van der Waals surface area contributed by atoms with Crippen molar-refractivity contribution in [2.24, 2.45) is 11.8 Å². The third-order valence-electron chi connectivity index (χ3n) is 7.09. The molecule has 1 aromatic carbocycles. The lowest BCUT2D eigenvalue weighted by Gasteiger charge is -2.38. The highest BCUT2D eigenvalue weighted by molar-refractivity contribution is 7.92. The van der Waals surface area contributed by atoms with E-state index in [1.807, 2.05) is 0 Å². The van der Waals surface area contributed by atoms with Crippen LogP contribution in [0.5, 0.6) is 5.75 Å². The first kappa shape index (κ1) is 26.8. The van der Waals surface area contributed by atoms with E-state index in [0.717, 1.165) is 19.3 Å². The smallest absolute Gasteiger partial charge is 0.257 e. The summed E-state index contributed by atoms with van der Waals surface area (Å²) in [4.78, 5) is 17.5. The zero-order valence-corrected chi connectivity index (χ0v) is 22.1. The molecule has 0 radical (unpaired) electrons. The molecule has 1 fully saturated rings. The third-order valence-corrected chi connectivity index (χ3v) is 7.70. The number of sulfonamides is 1. The molecule has 0 saturated heterocycles. The average molecular weight is 496 g/mol. The number of nitrogens with one attached hydrogen (secondary N) is 1. The number of anilines is 1. The van der Waals surface area contributed by atoms with Crippen LogP contribution in [0, 0.1) is 11.8 Å². The van der Waals surface area contributed by atoms with E-state index in [1.165, 1.54) is 32.1 Å². The fourth-order valence-electron chi connectivity index (χ4n) is 5.08. The molecule has 34 heavy (non-hydrogen) atoms. The summed E-state index contributed by atoms with van der Waals surface area (Å²) in [6, 6.07) is 5.02. The van der Waals surface area contributed by atoms with Gasteiger partial charge in [-0.15, -0.1) is 0 Å². The van der Waals surface area contributed by atoms with Crippen molar-refractivity contribution in [3.63, 3.8) is 0 Å². The molecule has 1 amide bonds. The quantitative estimate of drug-likeness (QED) is 0.673. The first-order chi connectivity index (χ1) is 16.1. The Morgan fingerprint density at radius 1 is 1.15 bits per heavy atom. The minimum absolute atomic E-state index is 0.115. The maximum absolute atomic E-state index is 13.3. The lowest BCUT2D eigenvalue weighted by atomic mass is 9.88. The first-order valence-electron chi connectivity index (χ1n) is 12.3. The molecule has 1 saturated carbocycles. The van der Waals surface area contributed by atoms with Crippen molar-refractivity contribution in [1.82, 2.24) is 9.80 Å². The highest BCUT2D eigenvalue weighted by Gasteiger charge is 2.30. The molecule has 2 aliphatic rings. The summed E-state index contributed by atoms with van der Waals surface area (Å²) in [7, 11) is -0.0218. The van der Waals surface area contributed by atoms with E-state index < -0.39 is 10.0 Å². The number of carbonyl (C=O) groups excluding carboxylic acids is 1. The fraction of sp³-hybridized carbons (Fsp3) is 0.720. The highest BCUT2D eigenvalue weighted by atomic mass is 32.2. The zero-order valence-electron chi connectivity index (χ0n) is 21.2. The van der Waals surface area contributed by atoms with Gasteiger partial charge in [0.05, 0.1) is 17.9 Å². The largest absolute Gasteiger partial charge is 0.491 e. The van der Waals surface area contributed by atoms with Crippen LogP contribution in [0.25, 0.3) is 0 Å². The number of amides is 1. The molecule has 0 unspecified atom stereocenters. The summed E-state index contributed by atoms with van der Waals surface area (Å²) in [6.45, 7) is 7.17. The van der Waals surface area contributed by atoms with Crippen molar-refractivity contribution in [3.05, 3.63) is 23.8 Å². The van der Waals surface area contributed by atoms with Crippen LogP contribution in [0.15, 0.2) is 18.2 Å². The number of likely N-dealkylation sites (N-methyl/N-ethyl adjacent to an activating group) is 1. The average Bonchev–Trinajstić information content (AvgIpc) is 2.79. The van der Waals surface area contributed by atoms with Gasteiger partial charge in [-0.05, 0) is 49.8 Å². The predicted molar refractivity (Wildman–Crippen MR) is 135 cm³/mol. The standard InChI is InChI=1S/C25H41N3O5S/c1-18-14-28(15-20-9-7-6-8-10-20)19(2)17-33-23-12-11-21(26-34(5,30)31)13-22(23)25(29)27(3)16-24(18)32-4/h11-13,18-20,24,26H,6-10,14-17H2,1-5H3/t18-,19+,24+/m0/s1. The van der Waals surface area contributed by atoms with Gasteiger partial charge in [0.1, 0.15) is 12.4 Å². The number of hydrogen-bond acceptors (Lipinski definition) is 6. The number of fused-ring (bicyclic) bond motifs is 1. The van der Waals surface area contributed by atoms with Crippen molar-refractivity contribution < 1.29 is 22.7 Å². The molecular formula is C25H41N3O5S. The summed E-state index contributed by atoms with van der Waals surface area (Å²) in [5, 5.41) is 0. The van der Waals surface area contributed by atoms with Crippen LogP contribution in [-0.2, 0) is 14.8 Å². The van der Waals surface area contributed by atoms with Gasteiger partial charge in [0.25, 0.3) is 5.91 Å². The predicted octanol–water partition coefficient (Wildman–Crippen LogP) is 3.44. The van der Waals surface area contributed by atoms with Gasteiger partial charge in [-0.3, -0.25) is 14.4 Å². The Labute approximate surface area is 205 Å². The van der Waals surface area contributed by atoms with Gasteiger partial charge < -0.3 is 14.4 Å². The Morgan fingerprint density at radius 3 is 2.50 bits per heavy atom. The molecule has 9 heteroatoms. The summed E-state index contributed by atoms with van der Waals surface area (Å²) >= 11 is 0. The molecule has 1 aliphatic heterocycles. The van der Waals surface area contributed by atoms with Gasteiger partial charge in [0.2, 0.25) is 10.0 Å². The molecule has 1 aliphatic carbocycles. The summed E-state index contributed by atoms with van der Waals surface area (Å²) in [5.74, 6) is 1.17. The van der Waals surface area contributed by atoms with Crippen LogP contribution in [0.4, 0.5) is 5.69 Å². The van der Waals surface area contributed by atoms with Gasteiger partial charge in [-0.25, -0.2) is 8.42 Å². The van der Waals surface area contributed by atoms with Gasteiger partial charge in [-0.1, -0.05) is 26.2 Å². The van der Waals surface area contributed by atoms with Crippen molar-refractivity contribution in [1.29, 1.82) is 0 Å². The van der Waals surface area contributed by atoms with Gasteiger partial charge in [0.15, 0.2) is 0 Å². The molecular weight excluding hydrogens is 454 g/mol. The topological polar surface area (TPSA) is 88.2 Å². The highest BCUT2D eigenvalue weighted by Crippen LogP contribution is 2.29. The molecule has 1 heterocycles. The van der Waals surface area contributed by atoms with Crippen molar-refractivity contribution in [2.45, 2.75) is 58.1 Å². The van der Waals surface area contributed by atoms with Gasteiger partial charge in [-0.2, -0.15) is 0 Å². The van der Waals surface area contributed by atoms with Gasteiger partial charge >= 0.3 is 0 Å². The molecule has 0 aromatic heterocycles. The minimum Gasteiger partial charge on any atom is -0.491 e. The SMILES string of the molecule is CO[C@@H]1CN(C)C(=O)c2cc(NS(C)(=O)=O)ccc2OC[C@@H](C)N(CC2CCCCC2)C[C@@H]1C. The Morgan fingerprint density at radius 2 is 1.85 bits per heavy atom. The Balaban J connectivity index is 1.91. The molecule has 8 nitrogen and oxygen atoms in total. The van der Waals surface area contributed by atoms with Crippen molar-refractivity contribution in [2.75, 3.05) is 51.4 Å². The molecule has 3 rings (SSSR count). The molecule has 192 valence electrons. The summed E-state index contributed by atoms with van der Waals surface area (Å²) in [5.41, 5.74) is 0.674. The molecule has 0 bridgehead atoms. The maximum atomic E-state index is 13.3. The Hall–Kier alpha value is -1.84. The fourth-order valence-corrected chi connectivity index (χ4v) is 5.64. The monoisotopic (exact) mass is 495 g/mol. The van der Waals surface area contributed by atoms with Crippen LogP contribution in [0.1, 0.15) is 56.3 Å². The van der Waals surface area contributed by atoms with E-state index in [9.17, 15) is 13.2 Å². The normalized spacial score (nSPS) is 26.2.